The minimum Gasteiger partial charge on any atom is -0.464 e. The summed E-state index contributed by atoms with van der Waals surface area (Å²) in [4.78, 5) is 103. The smallest absolute Gasteiger partial charge is 0.318 e. The van der Waals surface area contributed by atoms with E-state index in [0.29, 0.717) is 51.4 Å². The van der Waals surface area contributed by atoms with Crippen LogP contribution in [0.2, 0.25) is 0 Å². The van der Waals surface area contributed by atoms with Crippen molar-refractivity contribution in [2.45, 2.75) is 216 Å². The molecule has 0 aliphatic rings. The van der Waals surface area contributed by atoms with Crippen LogP contribution in [0.1, 0.15) is 216 Å². The van der Waals surface area contributed by atoms with E-state index in [4.69, 9.17) is 37.9 Å². The van der Waals surface area contributed by atoms with Gasteiger partial charge in [0.15, 0.2) is 0 Å². The molecule has 0 radical (unpaired) electrons. The topological polar surface area (TPSA) is 210 Å². The molecule has 0 saturated carbocycles. The molecule has 420 valence electrons. The van der Waals surface area contributed by atoms with Gasteiger partial charge in [0.05, 0.1) is 32.5 Å². The van der Waals surface area contributed by atoms with Crippen molar-refractivity contribution in [2.75, 3.05) is 52.9 Å². The Balaban J connectivity index is 0. The van der Waals surface area contributed by atoms with Crippen molar-refractivity contribution in [2.24, 2.45) is 43.3 Å². The fourth-order valence-electron chi connectivity index (χ4n) is 6.38. The van der Waals surface area contributed by atoms with Gasteiger partial charge in [0, 0.05) is 0 Å². The van der Waals surface area contributed by atoms with Crippen molar-refractivity contribution in [1.29, 1.82) is 0 Å². The minimum absolute atomic E-state index is 0.129. The van der Waals surface area contributed by atoms with Gasteiger partial charge in [0.2, 0.25) is 0 Å². The van der Waals surface area contributed by atoms with Crippen LogP contribution in [0.4, 0.5) is 0 Å². The number of carbonyl (C=O) groups is 8. The fraction of sp³-hybridized carbons (Fsp3) is 0.857. The Kier molecular flexibility index (Phi) is 30.5. The molecule has 0 atom stereocenters. The molecule has 0 aromatic heterocycles. The first-order chi connectivity index (χ1) is 33.3. The van der Waals surface area contributed by atoms with E-state index >= 15 is 0 Å². The second-order valence-corrected chi connectivity index (χ2v) is 21.6. The molecule has 0 fully saturated rings. The molecular weight excluding hydrogens is 929 g/mol. The quantitative estimate of drug-likeness (QED) is 0.0333. The number of hydrogen-bond acceptors (Lipinski definition) is 16. The molecule has 0 aliphatic heterocycles. The highest BCUT2D eigenvalue weighted by atomic mass is 16.6. The molecule has 0 rings (SSSR count). The van der Waals surface area contributed by atoms with Crippen LogP contribution >= 0.6 is 0 Å². The number of rotatable bonds is 34. The molecule has 72 heavy (non-hydrogen) atoms. The lowest BCUT2D eigenvalue weighted by Crippen LogP contribution is -2.44. The normalized spacial score (nSPS) is 12.6. The standard InChI is InChI=1S/C40H70O12.C16H30O4/c1-15-35(9,16-2)29(41)49-25-39(13,26-50-30(42)36(10,17-3)18-4)33(45)47-23-24-48-34(46)40(14,27-51-31(43)37(11,19-5)20-6)28-52-32(44)38(12,21-7)22-8;1-7-15(5,8-2)13(17)19-11-12-20-14(18)16(6,9-3)10-4/h15-28H2,1-14H3;7-12H2,1-6H3. The number of esters is 8. The molecule has 0 N–H and O–H groups in total. The minimum atomic E-state index is -1.56. The van der Waals surface area contributed by atoms with E-state index in [2.05, 4.69) is 0 Å². The average Bonchev–Trinajstić information content (AvgIpc) is 3.40. The summed E-state index contributed by atoms with van der Waals surface area (Å²) >= 11 is 0. The maximum Gasteiger partial charge on any atom is 0.318 e. The Morgan fingerprint density at radius 1 is 0.208 bits per heavy atom. The fourth-order valence-corrected chi connectivity index (χ4v) is 6.38. The van der Waals surface area contributed by atoms with Crippen LogP contribution in [0, 0.1) is 43.3 Å². The molecule has 0 saturated heterocycles. The van der Waals surface area contributed by atoms with Gasteiger partial charge in [-0.2, -0.15) is 0 Å². The predicted octanol–water partition coefficient (Wildman–Crippen LogP) is 11.3. The van der Waals surface area contributed by atoms with Crippen LogP contribution in [0.5, 0.6) is 0 Å². The van der Waals surface area contributed by atoms with Gasteiger partial charge < -0.3 is 37.9 Å². The molecule has 0 aromatic carbocycles. The molecule has 0 unspecified atom stereocenters. The van der Waals surface area contributed by atoms with Crippen molar-refractivity contribution in [3.8, 4) is 0 Å². The number of carbonyl (C=O) groups excluding carboxylic acids is 8. The van der Waals surface area contributed by atoms with Gasteiger partial charge in [-0.05, 0) is 132 Å². The Labute approximate surface area is 434 Å². The first-order valence-electron chi connectivity index (χ1n) is 26.7. The lowest BCUT2D eigenvalue weighted by molar-refractivity contribution is -0.183. The van der Waals surface area contributed by atoms with Crippen LogP contribution in [-0.2, 0) is 76.3 Å². The first kappa shape index (κ1) is 69.8. The third-order valence-corrected chi connectivity index (χ3v) is 16.5. The maximum absolute atomic E-state index is 13.5. The summed E-state index contributed by atoms with van der Waals surface area (Å²) in [6.07, 6.45) is 7.19. The van der Waals surface area contributed by atoms with Crippen molar-refractivity contribution in [3.05, 3.63) is 0 Å². The van der Waals surface area contributed by atoms with Gasteiger partial charge >= 0.3 is 47.8 Å². The second-order valence-electron chi connectivity index (χ2n) is 21.6. The molecule has 0 spiro atoms. The summed E-state index contributed by atoms with van der Waals surface area (Å²) in [5.41, 5.74) is -7.04. The lowest BCUT2D eigenvalue weighted by atomic mass is 9.84. The summed E-state index contributed by atoms with van der Waals surface area (Å²) in [5, 5.41) is 0. The zero-order valence-corrected chi connectivity index (χ0v) is 48.7. The van der Waals surface area contributed by atoms with Crippen LogP contribution in [0.15, 0.2) is 0 Å². The molecular formula is C56H100O16. The molecule has 16 nitrogen and oxygen atoms in total. The summed E-state index contributed by atoms with van der Waals surface area (Å²) in [6.45, 7) is 34.6. The molecule has 16 heteroatoms. The largest absolute Gasteiger partial charge is 0.464 e. The van der Waals surface area contributed by atoms with E-state index in [1.54, 1.807) is 27.7 Å². The van der Waals surface area contributed by atoms with E-state index in [1.165, 1.54) is 13.8 Å². The van der Waals surface area contributed by atoms with E-state index < -0.39 is 106 Å². The zero-order valence-electron chi connectivity index (χ0n) is 48.7. The summed E-state index contributed by atoms with van der Waals surface area (Å²) < 4.78 is 43.8. The monoisotopic (exact) mass is 1030 g/mol. The molecule has 0 aromatic rings. The lowest BCUT2D eigenvalue weighted by Gasteiger charge is -2.32. The SMILES string of the molecule is CCC(C)(CC)C(=O)OCC(C)(COC(=O)C(C)(CC)CC)C(=O)OCCOC(=O)C(C)(COC(=O)C(C)(CC)CC)COC(=O)C(C)(CC)CC.CCC(C)(CC)C(=O)OCCOC(=O)C(C)(CC)CC. The molecule has 0 bridgehead atoms. The van der Waals surface area contributed by atoms with Gasteiger partial charge in [0.25, 0.3) is 0 Å². The maximum atomic E-state index is 13.5. The summed E-state index contributed by atoms with van der Waals surface area (Å²) in [7, 11) is 0. The summed E-state index contributed by atoms with van der Waals surface area (Å²) in [6, 6.07) is 0. The van der Waals surface area contributed by atoms with Gasteiger partial charge in [-0.25, -0.2) is 0 Å². The molecule has 0 aliphatic carbocycles. The Morgan fingerprint density at radius 3 is 0.444 bits per heavy atom. The van der Waals surface area contributed by atoms with Crippen molar-refractivity contribution in [3.63, 3.8) is 0 Å². The van der Waals surface area contributed by atoms with Crippen LogP contribution in [0.25, 0.3) is 0 Å². The number of hydrogen-bond donors (Lipinski definition) is 0. The van der Waals surface area contributed by atoms with Crippen LogP contribution in [-0.4, -0.2) is 101 Å². The Morgan fingerprint density at radius 2 is 0.319 bits per heavy atom. The van der Waals surface area contributed by atoms with Crippen molar-refractivity contribution < 1.29 is 76.3 Å². The van der Waals surface area contributed by atoms with Crippen molar-refractivity contribution >= 4 is 47.8 Å². The van der Waals surface area contributed by atoms with Gasteiger partial charge in [-0.1, -0.05) is 83.1 Å². The number of ether oxygens (including phenoxy) is 8. The van der Waals surface area contributed by atoms with Crippen molar-refractivity contribution in [1.82, 2.24) is 0 Å². The second kappa shape index (κ2) is 31.5. The highest BCUT2D eigenvalue weighted by molar-refractivity contribution is 5.82. The van der Waals surface area contributed by atoms with Crippen LogP contribution < -0.4 is 0 Å². The van der Waals surface area contributed by atoms with E-state index in [0.717, 1.165) is 25.7 Å². The average molecular weight is 1030 g/mol. The summed E-state index contributed by atoms with van der Waals surface area (Å²) in [5.74, 6) is -4.02. The van der Waals surface area contributed by atoms with Gasteiger partial charge in [-0.15, -0.1) is 0 Å². The van der Waals surface area contributed by atoms with E-state index in [-0.39, 0.29) is 38.4 Å². The highest BCUT2D eigenvalue weighted by Crippen LogP contribution is 2.34. The highest BCUT2D eigenvalue weighted by Gasteiger charge is 2.45. The Hall–Kier alpha value is -4.24. The predicted molar refractivity (Wildman–Crippen MR) is 276 cm³/mol. The molecule has 0 amide bonds. The van der Waals surface area contributed by atoms with E-state index in [1.807, 2.05) is 96.9 Å². The van der Waals surface area contributed by atoms with Gasteiger partial charge in [-0.3, -0.25) is 38.4 Å². The van der Waals surface area contributed by atoms with Gasteiger partial charge in [0.1, 0.15) is 63.7 Å². The zero-order chi connectivity index (χ0) is 56.4. The third-order valence-electron chi connectivity index (χ3n) is 16.5. The Bertz CT molecular complexity index is 1520. The van der Waals surface area contributed by atoms with E-state index in [9.17, 15) is 38.4 Å². The molecule has 0 heterocycles. The van der Waals surface area contributed by atoms with Crippen LogP contribution in [0.3, 0.4) is 0 Å². The third kappa shape index (κ3) is 19.9. The first-order valence-corrected chi connectivity index (χ1v) is 26.7.